The molecule has 0 radical (unpaired) electrons. The van der Waals surface area contributed by atoms with Crippen LogP contribution in [-0.2, 0) is 23.9 Å². The van der Waals surface area contributed by atoms with Gasteiger partial charge >= 0.3 is 5.97 Å². The fourth-order valence-electron chi connectivity index (χ4n) is 6.58. The maximum atomic E-state index is 14.4. The summed E-state index contributed by atoms with van der Waals surface area (Å²) >= 11 is 0. The molecule has 4 heterocycles. The van der Waals surface area contributed by atoms with E-state index in [-0.39, 0.29) is 25.0 Å². The molecule has 9 nitrogen and oxygen atoms in total. The zero-order valence-electron chi connectivity index (χ0n) is 22.8. The lowest BCUT2D eigenvalue weighted by atomic mass is 9.77. The van der Waals surface area contributed by atoms with Crippen LogP contribution in [0, 0.1) is 11.8 Å². The number of rotatable bonds is 9. The minimum absolute atomic E-state index is 0.0773. The number of likely N-dealkylation sites (tertiary alicyclic amines) is 1. The first kappa shape index (κ1) is 27.4. The lowest BCUT2D eigenvalue weighted by Gasteiger charge is -2.35. The molecule has 2 unspecified atom stereocenters. The number of esters is 1. The Morgan fingerprint density at radius 1 is 1.03 bits per heavy atom. The normalized spacial score (nSPS) is 29.9. The summed E-state index contributed by atoms with van der Waals surface area (Å²) in [5.74, 6) is -2.57. The number of cyclic esters (lactones) is 1. The van der Waals surface area contributed by atoms with Crippen molar-refractivity contribution < 1.29 is 29.0 Å². The largest absolute Gasteiger partial charge is 0.465 e. The number of amides is 2. The summed E-state index contributed by atoms with van der Waals surface area (Å²) in [4.78, 5) is 47.1. The first-order valence-electron chi connectivity index (χ1n) is 14.2. The third-order valence-electron chi connectivity index (χ3n) is 8.47. The van der Waals surface area contributed by atoms with E-state index in [9.17, 15) is 19.5 Å². The minimum atomic E-state index is -1.26. The summed E-state index contributed by atoms with van der Waals surface area (Å²) < 4.78 is 12.1. The molecule has 0 aliphatic carbocycles. The van der Waals surface area contributed by atoms with Gasteiger partial charge in [0.25, 0.3) is 5.91 Å². The summed E-state index contributed by atoms with van der Waals surface area (Å²) in [6.45, 7) is 7.00. The van der Waals surface area contributed by atoms with Crippen LogP contribution in [0.3, 0.4) is 0 Å². The molecule has 0 bridgehead atoms. The lowest BCUT2D eigenvalue weighted by molar-refractivity contribution is -0.154. The van der Waals surface area contributed by atoms with Crippen molar-refractivity contribution in [1.82, 2.24) is 4.90 Å². The SMILES string of the molecule is CCN(CC)c1ccc(N2CC=CC34O[C@@H]5C=CCCOC(=O)C5[C@H]3C(=O)N(CCCCCO)[C@@H]4C2=O)cc1. The van der Waals surface area contributed by atoms with Crippen LogP contribution in [-0.4, -0.2) is 84.9 Å². The van der Waals surface area contributed by atoms with Crippen molar-refractivity contribution >= 4 is 29.2 Å². The summed E-state index contributed by atoms with van der Waals surface area (Å²) in [5, 5.41) is 9.23. The van der Waals surface area contributed by atoms with Gasteiger partial charge in [-0.3, -0.25) is 14.4 Å². The Labute approximate surface area is 230 Å². The standard InChI is InChI=1S/C30H39N3O6/c1-3-31(4-2)21-12-14-22(15-13-21)32-18-10-16-30-25(24-23(39-30)11-6-9-20-38-29(24)37)27(35)33(26(30)28(32)36)17-7-5-8-19-34/h6,10-16,23-26,34H,3-5,7-9,17-20H2,1-2H3/t23-,24?,25+,26-,30?/m1/s1. The van der Waals surface area contributed by atoms with Crippen molar-refractivity contribution in [2.24, 2.45) is 11.8 Å². The molecule has 4 aliphatic heterocycles. The van der Waals surface area contributed by atoms with Crippen molar-refractivity contribution in [2.75, 3.05) is 49.2 Å². The Kier molecular flexibility index (Phi) is 8.09. The molecule has 2 amide bonds. The molecule has 39 heavy (non-hydrogen) atoms. The molecule has 2 saturated heterocycles. The van der Waals surface area contributed by atoms with Crippen molar-refractivity contribution in [2.45, 2.75) is 57.3 Å². The average molecular weight is 538 g/mol. The number of anilines is 2. The number of hydrogen-bond acceptors (Lipinski definition) is 7. The molecular weight excluding hydrogens is 498 g/mol. The van der Waals surface area contributed by atoms with E-state index in [1.807, 2.05) is 48.6 Å². The van der Waals surface area contributed by atoms with Crippen molar-refractivity contribution in [3.8, 4) is 0 Å². The van der Waals surface area contributed by atoms with E-state index in [0.717, 1.165) is 30.9 Å². The molecule has 0 saturated carbocycles. The summed E-state index contributed by atoms with van der Waals surface area (Å²) in [6, 6.07) is 7.02. The number of ether oxygens (including phenoxy) is 2. The zero-order chi connectivity index (χ0) is 27.6. The second kappa shape index (κ2) is 11.5. The number of carbonyl (C=O) groups is 3. The molecule has 1 spiro atoms. The van der Waals surface area contributed by atoms with E-state index in [1.165, 1.54) is 0 Å². The third kappa shape index (κ3) is 4.76. The van der Waals surface area contributed by atoms with E-state index in [1.54, 1.807) is 9.80 Å². The summed E-state index contributed by atoms with van der Waals surface area (Å²) in [7, 11) is 0. The van der Waals surface area contributed by atoms with Gasteiger partial charge in [-0.1, -0.05) is 24.3 Å². The lowest BCUT2D eigenvalue weighted by Crippen LogP contribution is -2.55. The Bertz CT molecular complexity index is 1130. The predicted octanol–water partition coefficient (Wildman–Crippen LogP) is 2.68. The smallest absolute Gasteiger partial charge is 0.312 e. The molecule has 1 aromatic rings. The molecule has 2 fully saturated rings. The van der Waals surface area contributed by atoms with Crippen LogP contribution < -0.4 is 9.80 Å². The van der Waals surface area contributed by atoms with Crippen molar-refractivity contribution in [3.63, 3.8) is 0 Å². The van der Waals surface area contributed by atoms with E-state index in [0.29, 0.717) is 32.4 Å². The van der Waals surface area contributed by atoms with Gasteiger partial charge < -0.3 is 29.3 Å². The van der Waals surface area contributed by atoms with Crippen LogP contribution in [0.2, 0.25) is 0 Å². The van der Waals surface area contributed by atoms with Crippen molar-refractivity contribution in [3.05, 3.63) is 48.6 Å². The molecule has 1 aromatic carbocycles. The van der Waals surface area contributed by atoms with Crippen LogP contribution >= 0.6 is 0 Å². The number of carbonyl (C=O) groups excluding carboxylic acids is 3. The quantitative estimate of drug-likeness (QED) is 0.294. The van der Waals surface area contributed by atoms with Gasteiger partial charge in [-0.25, -0.2) is 0 Å². The van der Waals surface area contributed by atoms with Gasteiger partial charge in [0.05, 0.1) is 18.6 Å². The Morgan fingerprint density at radius 2 is 1.79 bits per heavy atom. The van der Waals surface area contributed by atoms with Crippen LogP contribution in [0.25, 0.3) is 0 Å². The maximum absolute atomic E-state index is 14.4. The molecule has 1 N–H and O–H groups in total. The molecular formula is C30H39N3O6. The third-order valence-corrected chi connectivity index (χ3v) is 8.47. The number of aliphatic hydroxyl groups is 1. The second-order valence-corrected chi connectivity index (χ2v) is 10.6. The minimum Gasteiger partial charge on any atom is -0.465 e. The topological polar surface area (TPSA) is 99.6 Å². The number of benzene rings is 1. The molecule has 5 rings (SSSR count). The Balaban J connectivity index is 1.52. The van der Waals surface area contributed by atoms with Gasteiger partial charge in [0.15, 0.2) is 0 Å². The predicted molar refractivity (Wildman–Crippen MR) is 147 cm³/mol. The van der Waals surface area contributed by atoms with Gasteiger partial charge in [-0.2, -0.15) is 0 Å². The van der Waals surface area contributed by atoms with Gasteiger partial charge in [-0.05, 0) is 63.8 Å². The summed E-state index contributed by atoms with van der Waals surface area (Å²) in [6.07, 6.45) is 9.43. The van der Waals surface area contributed by atoms with E-state index < -0.39 is 35.6 Å². The number of aliphatic hydroxyl groups excluding tert-OH is 1. The molecule has 5 atom stereocenters. The number of nitrogens with zero attached hydrogens (tertiary/aromatic N) is 3. The highest BCUT2D eigenvalue weighted by atomic mass is 16.6. The fraction of sp³-hybridized carbons (Fsp3) is 0.567. The number of unbranched alkanes of at least 4 members (excludes halogenated alkanes) is 2. The molecule has 210 valence electrons. The van der Waals surface area contributed by atoms with Gasteiger partial charge in [0.1, 0.15) is 17.6 Å². The zero-order valence-corrected chi connectivity index (χ0v) is 22.8. The van der Waals surface area contributed by atoms with Crippen LogP contribution in [0.15, 0.2) is 48.6 Å². The average Bonchev–Trinajstić information content (AvgIpc) is 3.31. The van der Waals surface area contributed by atoms with Crippen LogP contribution in [0.1, 0.15) is 39.5 Å². The van der Waals surface area contributed by atoms with Crippen LogP contribution in [0.5, 0.6) is 0 Å². The number of hydrogen-bond donors (Lipinski definition) is 1. The first-order valence-corrected chi connectivity index (χ1v) is 14.2. The van der Waals surface area contributed by atoms with Gasteiger partial charge in [0, 0.05) is 44.2 Å². The van der Waals surface area contributed by atoms with Gasteiger partial charge in [0.2, 0.25) is 5.91 Å². The fourth-order valence-corrected chi connectivity index (χ4v) is 6.58. The first-order chi connectivity index (χ1) is 19.0. The summed E-state index contributed by atoms with van der Waals surface area (Å²) in [5.41, 5.74) is 0.571. The second-order valence-electron chi connectivity index (χ2n) is 10.6. The van der Waals surface area contributed by atoms with Crippen molar-refractivity contribution in [1.29, 1.82) is 0 Å². The van der Waals surface area contributed by atoms with E-state index in [4.69, 9.17) is 9.47 Å². The molecule has 4 aliphatic rings. The van der Waals surface area contributed by atoms with Gasteiger partial charge in [-0.15, -0.1) is 0 Å². The van der Waals surface area contributed by atoms with E-state index >= 15 is 0 Å². The van der Waals surface area contributed by atoms with E-state index in [2.05, 4.69) is 18.7 Å². The van der Waals surface area contributed by atoms with Crippen LogP contribution in [0.4, 0.5) is 11.4 Å². The monoisotopic (exact) mass is 537 g/mol. The highest BCUT2D eigenvalue weighted by molar-refractivity contribution is 6.05. The highest BCUT2D eigenvalue weighted by Crippen LogP contribution is 2.53. The molecule has 9 heteroatoms. The molecule has 0 aromatic heterocycles. The number of fused-ring (bicyclic) bond motifs is 2. The Morgan fingerprint density at radius 3 is 2.51 bits per heavy atom. The Hall–Kier alpha value is -3.17. The maximum Gasteiger partial charge on any atom is 0.312 e. The highest BCUT2D eigenvalue weighted by Gasteiger charge is 2.71.